The molecule has 1 aromatic heterocycles. The van der Waals surface area contributed by atoms with E-state index in [2.05, 4.69) is 10.3 Å². The van der Waals surface area contributed by atoms with E-state index in [4.69, 9.17) is 4.74 Å². The van der Waals surface area contributed by atoms with Crippen molar-refractivity contribution in [2.45, 2.75) is 12.2 Å². The molecule has 2 rings (SSSR count). The number of hydrogen-bond acceptors (Lipinski definition) is 4. The summed E-state index contributed by atoms with van der Waals surface area (Å²) in [6.07, 6.45) is 3.53. The second kappa shape index (κ2) is 6.96. The van der Waals surface area contributed by atoms with Gasteiger partial charge in [-0.3, -0.25) is 4.79 Å². The van der Waals surface area contributed by atoms with E-state index in [0.717, 1.165) is 0 Å². The van der Waals surface area contributed by atoms with Crippen LogP contribution >= 0.6 is 11.8 Å². The molecule has 0 bridgehead atoms. The first-order valence-corrected chi connectivity index (χ1v) is 7.51. The molecular formula is C15H16N2O2S. The van der Waals surface area contributed by atoms with E-state index in [9.17, 15) is 4.79 Å². The van der Waals surface area contributed by atoms with Gasteiger partial charge in [0.25, 0.3) is 0 Å². The van der Waals surface area contributed by atoms with E-state index in [-0.39, 0.29) is 11.2 Å². The summed E-state index contributed by atoms with van der Waals surface area (Å²) in [5.41, 5.74) is 0.572. The Balaban J connectivity index is 2.16. The number of thioether (sulfide) groups is 1. The lowest BCUT2D eigenvalue weighted by atomic mass is 10.3. The Morgan fingerprint density at radius 3 is 2.70 bits per heavy atom. The van der Waals surface area contributed by atoms with Crippen LogP contribution in [0.3, 0.4) is 0 Å². The lowest BCUT2D eigenvalue weighted by Crippen LogP contribution is -2.22. The van der Waals surface area contributed by atoms with Crippen LogP contribution in [0, 0.1) is 0 Å². The monoisotopic (exact) mass is 288 g/mol. The first kappa shape index (κ1) is 14.4. The summed E-state index contributed by atoms with van der Waals surface area (Å²) in [5.74, 6) is 1.00. The first-order valence-electron chi connectivity index (χ1n) is 6.22. The number of para-hydroxylation sites is 1. The van der Waals surface area contributed by atoms with Crippen LogP contribution in [-0.4, -0.2) is 22.4 Å². The van der Waals surface area contributed by atoms with Crippen molar-refractivity contribution in [2.75, 3.05) is 11.6 Å². The normalized spacial score (nSPS) is 11.7. The Bertz CT molecular complexity index is 575. The topological polar surface area (TPSA) is 51.2 Å². The molecule has 0 aliphatic heterocycles. The Morgan fingerprint density at radius 1 is 1.25 bits per heavy atom. The second-order valence-corrected chi connectivity index (χ2v) is 5.32. The third kappa shape index (κ3) is 3.74. The molecule has 1 aromatic carbocycles. The fourth-order valence-electron chi connectivity index (χ4n) is 1.51. The van der Waals surface area contributed by atoms with Crippen LogP contribution in [0.1, 0.15) is 6.92 Å². The fraction of sp³-hybridized carbons (Fsp3) is 0.200. The number of amides is 1. The molecule has 0 spiro atoms. The van der Waals surface area contributed by atoms with Gasteiger partial charge in [-0.15, -0.1) is 0 Å². The van der Waals surface area contributed by atoms with Gasteiger partial charge >= 0.3 is 0 Å². The van der Waals surface area contributed by atoms with E-state index in [0.29, 0.717) is 17.3 Å². The van der Waals surface area contributed by atoms with Crippen LogP contribution in [-0.2, 0) is 4.79 Å². The molecule has 0 saturated heterocycles. The standard InChI is InChI=1S/C15H16N2O2S/c1-11(20-2)14(18)17-13-9-6-10-16-15(13)19-12-7-4-3-5-8-12/h3-11H,1-2H3,(H,17,18)/t11-/m0/s1. The molecule has 2 aromatic rings. The number of hydrogen-bond donors (Lipinski definition) is 1. The molecule has 0 fully saturated rings. The van der Waals surface area contributed by atoms with Gasteiger partial charge in [-0.25, -0.2) is 4.98 Å². The molecule has 0 aliphatic carbocycles. The van der Waals surface area contributed by atoms with Gasteiger partial charge < -0.3 is 10.1 Å². The highest BCUT2D eigenvalue weighted by molar-refractivity contribution is 7.99. The molecule has 20 heavy (non-hydrogen) atoms. The summed E-state index contributed by atoms with van der Waals surface area (Å²) >= 11 is 1.49. The number of benzene rings is 1. The highest BCUT2D eigenvalue weighted by Gasteiger charge is 2.14. The van der Waals surface area contributed by atoms with Gasteiger partial charge in [-0.2, -0.15) is 11.8 Å². The summed E-state index contributed by atoms with van der Waals surface area (Å²) in [4.78, 5) is 16.1. The molecule has 0 unspecified atom stereocenters. The summed E-state index contributed by atoms with van der Waals surface area (Å²) in [7, 11) is 0. The van der Waals surface area contributed by atoms with Crippen molar-refractivity contribution in [1.82, 2.24) is 4.98 Å². The maximum absolute atomic E-state index is 11.9. The Hall–Kier alpha value is -2.01. The van der Waals surface area contributed by atoms with Crippen molar-refractivity contribution in [2.24, 2.45) is 0 Å². The number of aromatic nitrogens is 1. The summed E-state index contributed by atoms with van der Waals surface area (Å²) in [5, 5.41) is 2.71. The summed E-state index contributed by atoms with van der Waals surface area (Å²) < 4.78 is 5.69. The average molecular weight is 288 g/mol. The Kier molecular flexibility index (Phi) is 5.01. The molecule has 1 heterocycles. The maximum atomic E-state index is 11.9. The van der Waals surface area contributed by atoms with Gasteiger partial charge in [0.2, 0.25) is 11.8 Å². The highest BCUT2D eigenvalue weighted by atomic mass is 32.2. The molecule has 0 aliphatic rings. The largest absolute Gasteiger partial charge is 0.437 e. The molecule has 1 atom stereocenters. The van der Waals surface area contributed by atoms with Crippen molar-refractivity contribution in [3.8, 4) is 11.6 Å². The Labute approximate surface area is 122 Å². The SMILES string of the molecule is CS[C@@H](C)C(=O)Nc1cccnc1Oc1ccccc1. The lowest BCUT2D eigenvalue weighted by molar-refractivity contribution is -0.115. The Morgan fingerprint density at radius 2 is 2.00 bits per heavy atom. The summed E-state index contributed by atoms with van der Waals surface area (Å²) in [6, 6.07) is 12.9. The number of pyridine rings is 1. The smallest absolute Gasteiger partial charge is 0.243 e. The lowest BCUT2D eigenvalue weighted by Gasteiger charge is -2.13. The molecule has 5 heteroatoms. The quantitative estimate of drug-likeness (QED) is 0.914. The van der Waals surface area contributed by atoms with Crippen molar-refractivity contribution in [3.05, 3.63) is 48.7 Å². The molecular weight excluding hydrogens is 272 g/mol. The number of ether oxygens (including phenoxy) is 1. The van der Waals surface area contributed by atoms with Crippen LogP contribution in [0.25, 0.3) is 0 Å². The average Bonchev–Trinajstić information content (AvgIpc) is 2.49. The minimum absolute atomic E-state index is 0.0663. The van der Waals surface area contributed by atoms with E-state index < -0.39 is 0 Å². The highest BCUT2D eigenvalue weighted by Crippen LogP contribution is 2.27. The number of anilines is 1. The zero-order chi connectivity index (χ0) is 14.4. The zero-order valence-electron chi connectivity index (χ0n) is 11.4. The van der Waals surface area contributed by atoms with Gasteiger partial charge in [0.05, 0.1) is 5.25 Å². The second-order valence-electron chi connectivity index (χ2n) is 4.14. The number of carbonyl (C=O) groups is 1. The molecule has 1 N–H and O–H groups in total. The van der Waals surface area contributed by atoms with E-state index in [1.165, 1.54) is 11.8 Å². The van der Waals surface area contributed by atoms with Crippen molar-refractivity contribution in [1.29, 1.82) is 0 Å². The molecule has 4 nitrogen and oxygen atoms in total. The van der Waals surface area contributed by atoms with E-state index >= 15 is 0 Å². The molecule has 0 radical (unpaired) electrons. The minimum atomic E-state index is -0.125. The third-order valence-corrected chi connectivity index (χ3v) is 3.63. The van der Waals surface area contributed by atoms with E-state index in [1.54, 1.807) is 18.3 Å². The van der Waals surface area contributed by atoms with Crippen molar-refractivity contribution < 1.29 is 9.53 Å². The van der Waals surface area contributed by atoms with Crippen LogP contribution in [0.5, 0.6) is 11.6 Å². The van der Waals surface area contributed by atoms with Crippen LogP contribution in [0.4, 0.5) is 5.69 Å². The maximum Gasteiger partial charge on any atom is 0.243 e. The van der Waals surface area contributed by atoms with Crippen molar-refractivity contribution in [3.63, 3.8) is 0 Å². The number of rotatable bonds is 5. The molecule has 0 saturated carbocycles. The fourth-order valence-corrected chi connectivity index (χ4v) is 1.78. The number of carbonyl (C=O) groups excluding carboxylic acids is 1. The van der Waals surface area contributed by atoms with Gasteiger partial charge in [-0.1, -0.05) is 18.2 Å². The van der Waals surface area contributed by atoms with Gasteiger partial charge in [0, 0.05) is 6.20 Å². The first-order chi connectivity index (χ1) is 9.70. The predicted octanol–water partition coefficient (Wildman–Crippen LogP) is 3.56. The zero-order valence-corrected chi connectivity index (χ0v) is 12.2. The third-order valence-electron chi connectivity index (χ3n) is 2.71. The van der Waals surface area contributed by atoms with Gasteiger partial charge in [0.1, 0.15) is 11.4 Å². The van der Waals surface area contributed by atoms with Crippen LogP contribution in [0.2, 0.25) is 0 Å². The summed E-state index contributed by atoms with van der Waals surface area (Å²) in [6.45, 7) is 1.86. The minimum Gasteiger partial charge on any atom is -0.437 e. The van der Waals surface area contributed by atoms with Crippen molar-refractivity contribution >= 4 is 23.4 Å². The van der Waals surface area contributed by atoms with Gasteiger partial charge in [0.15, 0.2) is 0 Å². The predicted molar refractivity (Wildman–Crippen MR) is 82.4 cm³/mol. The van der Waals surface area contributed by atoms with E-state index in [1.807, 2.05) is 43.5 Å². The number of nitrogens with zero attached hydrogens (tertiary/aromatic N) is 1. The van der Waals surface area contributed by atoms with Gasteiger partial charge in [-0.05, 0) is 37.4 Å². The molecule has 1 amide bonds. The van der Waals surface area contributed by atoms with Crippen LogP contribution < -0.4 is 10.1 Å². The van der Waals surface area contributed by atoms with Crippen LogP contribution in [0.15, 0.2) is 48.7 Å². The number of nitrogens with one attached hydrogen (secondary N) is 1. The molecule has 104 valence electrons.